The number of rotatable bonds is 3. The number of nitrogens with one attached hydrogen (secondary N) is 2. The highest BCUT2D eigenvalue weighted by molar-refractivity contribution is 5.97. The molecule has 1 heterocycles. The van der Waals surface area contributed by atoms with Crippen molar-refractivity contribution in [2.24, 2.45) is 0 Å². The SMILES string of the molecule is COC(C)(C)C(=O)Nc1ccc2c(c1)CCN2. The lowest BCUT2D eigenvalue weighted by Gasteiger charge is -2.21. The molecule has 0 aromatic heterocycles. The van der Waals surface area contributed by atoms with Crippen LogP contribution in [0.4, 0.5) is 11.4 Å². The van der Waals surface area contributed by atoms with Crippen LogP contribution in [-0.4, -0.2) is 25.2 Å². The average molecular weight is 234 g/mol. The maximum atomic E-state index is 11.9. The summed E-state index contributed by atoms with van der Waals surface area (Å²) in [7, 11) is 1.53. The Hall–Kier alpha value is -1.55. The van der Waals surface area contributed by atoms with Gasteiger partial charge in [-0.3, -0.25) is 4.79 Å². The molecule has 4 nitrogen and oxygen atoms in total. The number of amides is 1. The zero-order valence-electron chi connectivity index (χ0n) is 10.5. The van der Waals surface area contributed by atoms with Gasteiger partial charge in [0.25, 0.3) is 5.91 Å². The number of hydrogen-bond donors (Lipinski definition) is 2. The molecule has 0 saturated carbocycles. The molecule has 4 heteroatoms. The summed E-state index contributed by atoms with van der Waals surface area (Å²) < 4.78 is 5.14. The first-order chi connectivity index (χ1) is 8.03. The molecule has 0 radical (unpaired) electrons. The predicted molar refractivity (Wildman–Crippen MR) is 68.4 cm³/mol. The molecule has 0 unspecified atom stereocenters. The lowest BCUT2D eigenvalue weighted by atomic mass is 10.1. The molecule has 2 rings (SSSR count). The van der Waals surface area contributed by atoms with E-state index in [0.717, 1.165) is 24.3 Å². The fourth-order valence-electron chi connectivity index (χ4n) is 1.76. The number of methoxy groups -OCH3 is 1. The quantitative estimate of drug-likeness (QED) is 0.841. The molecule has 92 valence electrons. The number of carbonyl (C=O) groups excluding carboxylic acids is 1. The van der Waals surface area contributed by atoms with Crippen LogP contribution >= 0.6 is 0 Å². The molecular weight excluding hydrogens is 216 g/mol. The fraction of sp³-hybridized carbons (Fsp3) is 0.462. The van der Waals surface area contributed by atoms with Crippen LogP contribution < -0.4 is 10.6 Å². The van der Waals surface area contributed by atoms with Gasteiger partial charge in [0.05, 0.1) is 0 Å². The van der Waals surface area contributed by atoms with Crippen LogP contribution in [0.3, 0.4) is 0 Å². The van der Waals surface area contributed by atoms with Crippen molar-refractivity contribution in [2.45, 2.75) is 25.9 Å². The van der Waals surface area contributed by atoms with Crippen LogP contribution in [0.5, 0.6) is 0 Å². The number of hydrogen-bond acceptors (Lipinski definition) is 3. The Morgan fingerprint density at radius 2 is 2.24 bits per heavy atom. The van der Waals surface area contributed by atoms with Gasteiger partial charge in [-0.1, -0.05) is 0 Å². The number of fused-ring (bicyclic) bond motifs is 1. The molecule has 0 fully saturated rings. The maximum Gasteiger partial charge on any atom is 0.256 e. The van der Waals surface area contributed by atoms with Gasteiger partial charge in [0.1, 0.15) is 5.60 Å². The molecular formula is C13H18N2O2. The maximum absolute atomic E-state index is 11.9. The van der Waals surface area contributed by atoms with Crippen molar-refractivity contribution in [2.75, 3.05) is 24.3 Å². The third-order valence-corrected chi connectivity index (χ3v) is 3.13. The Labute approximate surface area is 101 Å². The second-order valence-corrected chi connectivity index (χ2v) is 4.72. The van der Waals surface area contributed by atoms with E-state index in [-0.39, 0.29) is 5.91 Å². The highest BCUT2D eigenvalue weighted by Gasteiger charge is 2.27. The first-order valence-corrected chi connectivity index (χ1v) is 5.76. The average Bonchev–Trinajstić information content (AvgIpc) is 2.76. The van der Waals surface area contributed by atoms with Crippen molar-refractivity contribution >= 4 is 17.3 Å². The van der Waals surface area contributed by atoms with E-state index >= 15 is 0 Å². The predicted octanol–water partition coefficient (Wildman–Crippen LogP) is 2.02. The topological polar surface area (TPSA) is 50.4 Å². The molecule has 0 saturated heterocycles. The van der Waals surface area contributed by atoms with Gasteiger partial charge >= 0.3 is 0 Å². The number of ether oxygens (including phenoxy) is 1. The zero-order chi connectivity index (χ0) is 12.5. The van der Waals surface area contributed by atoms with E-state index in [0.29, 0.717) is 0 Å². The summed E-state index contributed by atoms with van der Waals surface area (Å²) in [6, 6.07) is 5.91. The molecule has 1 aromatic rings. The number of carbonyl (C=O) groups is 1. The Morgan fingerprint density at radius 3 is 2.94 bits per heavy atom. The summed E-state index contributed by atoms with van der Waals surface area (Å²) in [5, 5.41) is 6.16. The van der Waals surface area contributed by atoms with Crippen LogP contribution in [0.15, 0.2) is 18.2 Å². The molecule has 0 aliphatic carbocycles. The van der Waals surface area contributed by atoms with Gasteiger partial charge in [-0.15, -0.1) is 0 Å². The standard InChI is InChI=1S/C13H18N2O2/c1-13(2,17-3)12(16)15-10-4-5-11-9(8-10)6-7-14-11/h4-5,8,14H,6-7H2,1-3H3,(H,15,16). The molecule has 17 heavy (non-hydrogen) atoms. The molecule has 1 aromatic carbocycles. The number of benzene rings is 1. The largest absolute Gasteiger partial charge is 0.384 e. The third-order valence-electron chi connectivity index (χ3n) is 3.13. The summed E-state index contributed by atoms with van der Waals surface area (Å²) in [6.45, 7) is 4.46. The van der Waals surface area contributed by atoms with Crippen LogP contribution in [-0.2, 0) is 16.0 Å². The molecule has 1 aliphatic heterocycles. The Morgan fingerprint density at radius 1 is 1.47 bits per heavy atom. The van der Waals surface area contributed by atoms with Crippen molar-refractivity contribution in [3.8, 4) is 0 Å². The summed E-state index contributed by atoms with van der Waals surface area (Å²) in [5.41, 5.74) is 2.42. The van der Waals surface area contributed by atoms with Crippen LogP contribution in [0.25, 0.3) is 0 Å². The van der Waals surface area contributed by atoms with E-state index in [1.165, 1.54) is 12.7 Å². The van der Waals surface area contributed by atoms with Crippen molar-refractivity contribution in [3.63, 3.8) is 0 Å². The number of anilines is 2. The summed E-state index contributed by atoms with van der Waals surface area (Å²) in [6.07, 6.45) is 1.01. The van der Waals surface area contributed by atoms with Gasteiger partial charge in [0.2, 0.25) is 0 Å². The Kier molecular flexibility index (Phi) is 3.07. The van der Waals surface area contributed by atoms with Crippen LogP contribution in [0, 0.1) is 0 Å². The van der Waals surface area contributed by atoms with Gasteiger partial charge in [-0.25, -0.2) is 0 Å². The van der Waals surface area contributed by atoms with Crippen molar-refractivity contribution in [1.29, 1.82) is 0 Å². The molecule has 2 N–H and O–H groups in total. The van der Waals surface area contributed by atoms with Crippen LogP contribution in [0.2, 0.25) is 0 Å². The summed E-state index contributed by atoms with van der Waals surface area (Å²) in [4.78, 5) is 11.9. The van der Waals surface area contributed by atoms with Crippen molar-refractivity contribution < 1.29 is 9.53 Å². The van der Waals surface area contributed by atoms with E-state index in [4.69, 9.17) is 4.74 Å². The molecule has 1 amide bonds. The van der Waals surface area contributed by atoms with Gasteiger partial charge in [0.15, 0.2) is 0 Å². The molecule has 0 spiro atoms. The monoisotopic (exact) mass is 234 g/mol. The third kappa shape index (κ3) is 2.42. The summed E-state index contributed by atoms with van der Waals surface area (Å²) in [5.74, 6) is -0.133. The minimum Gasteiger partial charge on any atom is -0.384 e. The second-order valence-electron chi connectivity index (χ2n) is 4.72. The Balaban J connectivity index is 2.12. The molecule has 0 atom stereocenters. The molecule has 1 aliphatic rings. The molecule has 0 bridgehead atoms. The second kappa shape index (κ2) is 4.37. The minimum atomic E-state index is -0.808. The van der Waals surface area contributed by atoms with Crippen molar-refractivity contribution in [3.05, 3.63) is 23.8 Å². The van der Waals surface area contributed by atoms with Gasteiger partial charge < -0.3 is 15.4 Å². The normalized spacial score (nSPS) is 14.1. The fourth-order valence-corrected chi connectivity index (χ4v) is 1.76. The van der Waals surface area contributed by atoms with E-state index in [2.05, 4.69) is 10.6 Å². The van der Waals surface area contributed by atoms with E-state index in [1.807, 2.05) is 18.2 Å². The first kappa shape index (κ1) is 11.9. The van der Waals surface area contributed by atoms with Gasteiger partial charge in [0, 0.05) is 25.0 Å². The smallest absolute Gasteiger partial charge is 0.256 e. The zero-order valence-corrected chi connectivity index (χ0v) is 10.5. The van der Waals surface area contributed by atoms with E-state index in [1.54, 1.807) is 13.8 Å². The van der Waals surface area contributed by atoms with Gasteiger partial charge in [-0.2, -0.15) is 0 Å². The minimum absolute atomic E-state index is 0.133. The highest BCUT2D eigenvalue weighted by Crippen LogP contribution is 2.25. The first-order valence-electron chi connectivity index (χ1n) is 5.76. The lowest BCUT2D eigenvalue weighted by Crippen LogP contribution is -2.38. The van der Waals surface area contributed by atoms with E-state index in [9.17, 15) is 4.79 Å². The Bertz CT molecular complexity index is 441. The van der Waals surface area contributed by atoms with E-state index < -0.39 is 5.60 Å². The van der Waals surface area contributed by atoms with Crippen molar-refractivity contribution in [1.82, 2.24) is 0 Å². The lowest BCUT2D eigenvalue weighted by molar-refractivity contribution is -0.133. The highest BCUT2D eigenvalue weighted by atomic mass is 16.5. The van der Waals surface area contributed by atoms with Crippen LogP contribution in [0.1, 0.15) is 19.4 Å². The summed E-state index contributed by atoms with van der Waals surface area (Å²) >= 11 is 0. The van der Waals surface area contributed by atoms with Gasteiger partial charge in [-0.05, 0) is 44.0 Å².